The number of nitrogens with zero attached hydrogens (tertiary/aromatic N) is 5. The molecular weight excluding hydrogens is 346 g/mol. The molecule has 0 radical (unpaired) electrons. The normalized spacial score (nSPS) is 17.2. The summed E-state index contributed by atoms with van der Waals surface area (Å²) in [5.74, 6) is -1.36. The van der Waals surface area contributed by atoms with E-state index in [4.69, 9.17) is 0 Å². The zero-order valence-electron chi connectivity index (χ0n) is 14.9. The number of carbonyl (C=O) groups excluding carboxylic acids is 1. The van der Waals surface area contributed by atoms with E-state index in [-0.39, 0.29) is 11.6 Å². The molecule has 8 nitrogen and oxygen atoms in total. The standard InChI is InChI=1S/C19H19N5O3/c1-12-17(18(25)23-10-3-2-6-16(23)19(26)27)21-22-24(12)14-7-8-15-13(11-14)5-4-9-20-15/h4-5,7-9,11,16H,2-3,6,10H2,1H3,(H,26,27)/t16-/m1/s1. The molecule has 1 N–H and O–H groups in total. The van der Waals surface area contributed by atoms with Crippen LogP contribution in [0.1, 0.15) is 35.4 Å². The molecule has 0 bridgehead atoms. The lowest BCUT2D eigenvalue weighted by Crippen LogP contribution is -2.48. The molecule has 1 aliphatic rings. The summed E-state index contributed by atoms with van der Waals surface area (Å²) in [6.07, 6.45) is 3.79. The number of pyridine rings is 1. The fourth-order valence-corrected chi connectivity index (χ4v) is 3.53. The number of benzene rings is 1. The molecule has 4 rings (SSSR count). The van der Waals surface area contributed by atoms with Gasteiger partial charge < -0.3 is 10.0 Å². The Morgan fingerprint density at radius 2 is 2.07 bits per heavy atom. The van der Waals surface area contributed by atoms with Gasteiger partial charge in [0.2, 0.25) is 0 Å². The Morgan fingerprint density at radius 1 is 1.22 bits per heavy atom. The number of carboxylic acids is 1. The van der Waals surface area contributed by atoms with Crippen LogP contribution in [0, 0.1) is 6.92 Å². The van der Waals surface area contributed by atoms with Gasteiger partial charge in [-0.3, -0.25) is 9.78 Å². The van der Waals surface area contributed by atoms with Gasteiger partial charge in [-0.2, -0.15) is 0 Å². The Hall–Kier alpha value is -3.29. The van der Waals surface area contributed by atoms with E-state index < -0.39 is 12.0 Å². The van der Waals surface area contributed by atoms with E-state index in [9.17, 15) is 14.7 Å². The van der Waals surface area contributed by atoms with Crippen LogP contribution in [0.2, 0.25) is 0 Å². The molecular formula is C19H19N5O3. The van der Waals surface area contributed by atoms with E-state index >= 15 is 0 Å². The summed E-state index contributed by atoms with van der Waals surface area (Å²) in [7, 11) is 0. The minimum Gasteiger partial charge on any atom is -0.480 e. The number of rotatable bonds is 3. The van der Waals surface area contributed by atoms with Crippen LogP contribution in [0.5, 0.6) is 0 Å². The quantitative estimate of drug-likeness (QED) is 0.764. The third-order valence-electron chi connectivity index (χ3n) is 4.98. The number of hydrogen-bond acceptors (Lipinski definition) is 5. The first-order valence-electron chi connectivity index (χ1n) is 8.87. The fourth-order valence-electron chi connectivity index (χ4n) is 3.53. The van der Waals surface area contributed by atoms with E-state index in [0.29, 0.717) is 18.7 Å². The summed E-state index contributed by atoms with van der Waals surface area (Å²) in [6.45, 7) is 2.18. The van der Waals surface area contributed by atoms with E-state index in [0.717, 1.165) is 29.4 Å². The summed E-state index contributed by atoms with van der Waals surface area (Å²) in [6, 6.07) is 8.69. The number of fused-ring (bicyclic) bond motifs is 1. The van der Waals surface area contributed by atoms with Crippen molar-refractivity contribution in [3.05, 3.63) is 47.9 Å². The molecule has 8 heteroatoms. The monoisotopic (exact) mass is 365 g/mol. The molecule has 1 atom stereocenters. The summed E-state index contributed by atoms with van der Waals surface area (Å²) in [5.41, 5.74) is 2.41. The van der Waals surface area contributed by atoms with Crippen LogP contribution in [0.25, 0.3) is 16.6 Å². The first kappa shape index (κ1) is 17.1. The second kappa shape index (κ2) is 6.79. The Balaban J connectivity index is 1.68. The largest absolute Gasteiger partial charge is 0.480 e. The third-order valence-corrected chi connectivity index (χ3v) is 4.98. The van der Waals surface area contributed by atoms with Crippen molar-refractivity contribution in [1.82, 2.24) is 24.9 Å². The van der Waals surface area contributed by atoms with Gasteiger partial charge in [0, 0.05) is 18.1 Å². The SMILES string of the molecule is Cc1c(C(=O)N2CCCC[C@@H]2C(=O)O)nnn1-c1ccc2ncccc2c1. The lowest BCUT2D eigenvalue weighted by Gasteiger charge is -2.32. The number of carboxylic acid groups (broad SMARTS) is 1. The van der Waals surface area contributed by atoms with Gasteiger partial charge >= 0.3 is 5.97 Å². The number of likely N-dealkylation sites (tertiary alicyclic amines) is 1. The minimum atomic E-state index is -0.977. The highest BCUT2D eigenvalue weighted by Crippen LogP contribution is 2.22. The van der Waals surface area contributed by atoms with Crippen molar-refractivity contribution in [2.75, 3.05) is 6.54 Å². The third kappa shape index (κ3) is 3.03. The number of carbonyl (C=O) groups is 2. The molecule has 1 amide bonds. The molecule has 1 aliphatic heterocycles. The van der Waals surface area contributed by atoms with Crippen molar-refractivity contribution < 1.29 is 14.7 Å². The van der Waals surface area contributed by atoms with E-state index in [1.807, 2.05) is 30.3 Å². The molecule has 1 aromatic carbocycles. The van der Waals surface area contributed by atoms with Crippen LogP contribution in [-0.2, 0) is 4.79 Å². The molecule has 0 spiro atoms. The second-order valence-electron chi connectivity index (χ2n) is 6.66. The molecule has 1 fully saturated rings. The van der Waals surface area contributed by atoms with Crippen molar-refractivity contribution >= 4 is 22.8 Å². The zero-order valence-corrected chi connectivity index (χ0v) is 14.9. The van der Waals surface area contributed by atoms with Gasteiger partial charge in [-0.25, -0.2) is 9.48 Å². The molecule has 3 heterocycles. The lowest BCUT2D eigenvalue weighted by atomic mass is 10.0. The van der Waals surface area contributed by atoms with Gasteiger partial charge in [-0.1, -0.05) is 11.3 Å². The van der Waals surface area contributed by atoms with Crippen LogP contribution in [-0.4, -0.2) is 54.4 Å². The smallest absolute Gasteiger partial charge is 0.326 e. The highest BCUT2D eigenvalue weighted by molar-refractivity contribution is 5.96. The molecule has 138 valence electrons. The number of piperidine rings is 1. The molecule has 0 unspecified atom stereocenters. The molecule has 2 aromatic heterocycles. The number of hydrogen-bond donors (Lipinski definition) is 1. The summed E-state index contributed by atoms with van der Waals surface area (Å²) in [5, 5.41) is 18.6. The minimum absolute atomic E-state index is 0.189. The Bertz CT molecular complexity index is 1030. The summed E-state index contributed by atoms with van der Waals surface area (Å²) >= 11 is 0. The predicted molar refractivity (Wildman–Crippen MR) is 97.7 cm³/mol. The lowest BCUT2D eigenvalue weighted by molar-refractivity contribution is -0.143. The van der Waals surface area contributed by atoms with Crippen LogP contribution in [0.15, 0.2) is 36.5 Å². The maximum atomic E-state index is 12.9. The van der Waals surface area contributed by atoms with Crippen molar-refractivity contribution in [2.24, 2.45) is 0 Å². The van der Waals surface area contributed by atoms with Crippen molar-refractivity contribution in [1.29, 1.82) is 0 Å². The van der Waals surface area contributed by atoms with Gasteiger partial charge in [0.05, 0.1) is 16.9 Å². The predicted octanol–water partition coefficient (Wildman–Crippen LogP) is 2.20. The van der Waals surface area contributed by atoms with Gasteiger partial charge in [0.25, 0.3) is 5.91 Å². The second-order valence-corrected chi connectivity index (χ2v) is 6.66. The fraction of sp³-hybridized carbons (Fsp3) is 0.316. The van der Waals surface area contributed by atoms with Gasteiger partial charge in [-0.05, 0) is 50.5 Å². The number of amides is 1. The van der Waals surface area contributed by atoms with Gasteiger partial charge in [0.1, 0.15) is 6.04 Å². The van der Waals surface area contributed by atoms with Crippen LogP contribution in [0.4, 0.5) is 0 Å². The van der Waals surface area contributed by atoms with Gasteiger partial charge in [-0.15, -0.1) is 5.10 Å². The molecule has 3 aromatic rings. The molecule has 0 saturated carbocycles. The summed E-state index contributed by atoms with van der Waals surface area (Å²) in [4.78, 5) is 30.1. The van der Waals surface area contributed by atoms with Crippen molar-refractivity contribution in [2.45, 2.75) is 32.2 Å². The van der Waals surface area contributed by atoms with Crippen LogP contribution >= 0.6 is 0 Å². The Labute approximate surface area is 155 Å². The maximum Gasteiger partial charge on any atom is 0.326 e. The molecule has 1 saturated heterocycles. The van der Waals surface area contributed by atoms with Gasteiger partial charge in [0.15, 0.2) is 5.69 Å². The average Bonchev–Trinajstić information content (AvgIpc) is 3.08. The zero-order chi connectivity index (χ0) is 19.0. The van der Waals surface area contributed by atoms with E-state index in [2.05, 4.69) is 15.3 Å². The molecule has 27 heavy (non-hydrogen) atoms. The first-order valence-corrected chi connectivity index (χ1v) is 8.87. The highest BCUT2D eigenvalue weighted by Gasteiger charge is 2.34. The van der Waals surface area contributed by atoms with Crippen molar-refractivity contribution in [3.8, 4) is 5.69 Å². The average molecular weight is 365 g/mol. The van der Waals surface area contributed by atoms with Crippen LogP contribution in [0.3, 0.4) is 0 Å². The van der Waals surface area contributed by atoms with Crippen molar-refractivity contribution in [3.63, 3.8) is 0 Å². The Morgan fingerprint density at radius 3 is 2.89 bits per heavy atom. The van der Waals surface area contributed by atoms with Crippen LogP contribution < -0.4 is 0 Å². The highest BCUT2D eigenvalue weighted by atomic mass is 16.4. The maximum absolute atomic E-state index is 12.9. The number of aliphatic carboxylic acids is 1. The van der Waals surface area contributed by atoms with E-state index in [1.54, 1.807) is 17.8 Å². The first-order chi connectivity index (χ1) is 13.1. The number of aromatic nitrogens is 4. The Kier molecular flexibility index (Phi) is 4.31. The topological polar surface area (TPSA) is 101 Å². The van der Waals surface area contributed by atoms with E-state index in [1.165, 1.54) is 4.90 Å². The molecule has 0 aliphatic carbocycles. The summed E-state index contributed by atoms with van der Waals surface area (Å²) < 4.78 is 1.60.